The van der Waals surface area contributed by atoms with Gasteiger partial charge < -0.3 is 0 Å². The van der Waals surface area contributed by atoms with E-state index >= 15 is 0 Å². The highest BCUT2D eigenvalue weighted by Crippen LogP contribution is 2.32. The van der Waals surface area contributed by atoms with Gasteiger partial charge in [-0.05, 0) is 53.0 Å². The number of hydrogen-bond acceptors (Lipinski definition) is 4. The fourth-order valence-corrected chi connectivity index (χ4v) is 4.04. The summed E-state index contributed by atoms with van der Waals surface area (Å²) in [6, 6.07) is 9.69. The van der Waals surface area contributed by atoms with Crippen molar-refractivity contribution in [1.82, 2.24) is 19.8 Å². The van der Waals surface area contributed by atoms with Gasteiger partial charge in [0.2, 0.25) is 0 Å². The molecule has 2 aliphatic heterocycles. The second-order valence-electron chi connectivity index (χ2n) is 6.64. The van der Waals surface area contributed by atoms with Gasteiger partial charge in [0, 0.05) is 55.1 Å². The van der Waals surface area contributed by atoms with Gasteiger partial charge in [0.1, 0.15) is 0 Å². The number of aryl methyl sites for hydroxylation is 1. The molecule has 2 aromatic rings. The number of nitrogens with zero attached hydrogens (tertiary/aromatic N) is 4. The maximum Gasteiger partial charge on any atom is 0.0573 e. The Morgan fingerprint density at radius 3 is 2.52 bits per heavy atom. The van der Waals surface area contributed by atoms with Crippen molar-refractivity contribution in [2.45, 2.75) is 38.5 Å². The van der Waals surface area contributed by atoms with Crippen LogP contribution in [-0.2, 0) is 13.1 Å². The average Bonchev–Trinajstić information content (AvgIpc) is 3.12. The molecule has 0 amide bonds. The molecule has 4 heterocycles. The quantitative estimate of drug-likeness (QED) is 0.825. The minimum absolute atomic E-state index is 0.662. The van der Waals surface area contributed by atoms with E-state index in [0.29, 0.717) is 12.1 Å². The molecule has 2 aliphatic rings. The SMILES string of the molecule is Cc1cccnc1CN1CC2CC1CN2Cc1ccc(Br)cn1. The largest absolute Gasteiger partial charge is 0.292 e. The molecular formula is C18H21BrN4. The van der Waals surface area contributed by atoms with Crippen molar-refractivity contribution in [1.29, 1.82) is 0 Å². The Kier molecular flexibility index (Phi) is 4.18. The highest BCUT2D eigenvalue weighted by atomic mass is 79.9. The minimum Gasteiger partial charge on any atom is -0.292 e. The molecule has 23 heavy (non-hydrogen) atoms. The Balaban J connectivity index is 1.38. The molecule has 4 nitrogen and oxygen atoms in total. The smallest absolute Gasteiger partial charge is 0.0573 e. The molecule has 0 radical (unpaired) electrons. The van der Waals surface area contributed by atoms with Crippen LogP contribution in [0.25, 0.3) is 0 Å². The third-order valence-electron chi connectivity index (χ3n) is 5.09. The van der Waals surface area contributed by atoms with Crippen LogP contribution < -0.4 is 0 Å². The molecule has 0 saturated carbocycles. The molecule has 2 atom stereocenters. The highest BCUT2D eigenvalue weighted by Gasteiger charge is 2.43. The number of likely N-dealkylation sites (tertiary alicyclic amines) is 2. The van der Waals surface area contributed by atoms with Crippen LogP contribution in [0.3, 0.4) is 0 Å². The van der Waals surface area contributed by atoms with Gasteiger partial charge in [-0.2, -0.15) is 0 Å². The highest BCUT2D eigenvalue weighted by molar-refractivity contribution is 9.10. The predicted octanol–water partition coefficient (Wildman–Crippen LogP) is 3.01. The summed E-state index contributed by atoms with van der Waals surface area (Å²) in [6.07, 6.45) is 5.07. The molecule has 4 rings (SSSR count). The first-order valence-electron chi connectivity index (χ1n) is 8.18. The van der Waals surface area contributed by atoms with Crippen molar-refractivity contribution in [3.8, 4) is 0 Å². The van der Waals surface area contributed by atoms with Crippen LogP contribution in [0.15, 0.2) is 41.1 Å². The van der Waals surface area contributed by atoms with Crippen LogP contribution in [-0.4, -0.2) is 44.9 Å². The topological polar surface area (TPSA) is 32.3 Å². The molecule has 0 N–H and O–H groups in total. The lowest BCUT2D eigenvalue weighted by molar-refractivity contribution is 0.116. The second-order valence-corrected chi connectivity index (χ2v) is 7.55. The first-order valence-corrected chi connectivity index (χ1v) is 8.97. The molecule has 2 fully saturated rings. The number of rotatable bonds is 4. The standard InChI is InChI=1S/C18H21BrN4/c1-13-3-2-6-20-18(13)12-23-11-16-7-17(23)10-22(16)9-15-5-4-14(19)8-21-15/h2-6,8,16-17H,7,9-12H2,1H3. The summed E-state index contributed by atoms with van der Waals surface area (Å²) >= 11 is 3.45. The van der Waals surface area contributed by atoms with Gasteiger partial charge in [-0.15, -0.1) is 0 Å². The summed E-state index contributed by atoms with van der Waals surface area (Å²) in [5.41, 5.74) is 3.68. The Bertz CT molecular complexity index is 688. The van der Waals surface area contributed by atoms with E-state index in [1.54, 1.807) is 0 Å². The zero-order chi connectivity index (χ0) is 15.8. The van der Waals surface area contributed by atoms with E-state index in [1.807, 2.05) is 18.5 Å². The fraction of sp³-hybridized carbons (Fsp3) is 0.444. The molecule has 0 aromatic carbocycles. The molecule has 2 bridgehead atoms. The van der Waals surface area contributed by atoms with Crippen LogP contribution in [0, 0.1) is 6.92 Å². The lowest BCUT2D eigenvalue weighted by atomic mass is 10.2. The van der Waals surface area contributed by atoms with Crippen molar-refractivity contribution in [3.63, 3.8) is 0 Å². The molecule has 2 unspecified atom stereocenters. The average molecular weight is 373 g/mol. The van der Waals surface area contributed by atoms with Crippen LogP contribution in [0.5, 0.6) is 0 Å². The summed E-state index contributed by atoms with van der Waals surface area (Å²) in [5, 5.41) is 0. The number of fused-ring (bicyclic) bond motifs is 2. The van der Waals surface area contributed by atoms with Crippen LogP contribution in [0.4, 0.5) is 0 Å². The van der Waals surface area contributed by atoms with E-state index in [4.69, 9.17) is 0 Å². The number of piperazine rings is 1. The second kappa shape index (κ2) is 6.30. The molecule has 2 aromatic heterocycles. The summed E-state index contributed by atoms with van der Waals surface area (Å²) in [5.74, 6) is 0. The summed E-state index contributed by atoms with van der Waals surface area (Å²) < 4.78 is 1.04. The Labute approximate surface area is 145 Å². The van der Waals surface area contributed by atoms with Crippen molar-refractivity contribution in [3.05, 3.63) is 58.1 Å². The van der Waals surface area contributed by atoms with Crippen molar-refractivity contribution in [2.24, 2.45) is 0 Å². The lowest BCUT2D eigenvalue weighted by Crippen LogP contribution is -2.45. The number of aromatic nitrogens is 2. The number of halogens is 1. The third-order valence-corrected chi connectivity index (χ3v) is 5.56. The predicted molar refractivity (Wildman–Crippen MR) is 93.9 cm³/mol. The van der Waals surface area contributed by atoms with E-state index in [2.05, 4.69) is 60.8 Å². The minimum atomic E-state index is 0.662. The van der Waals surface area contributed by atoms with Crippen LogP contribution in [0.2, 0.25) is 0 Å². The van der Waals surface area contributed by atoms with Gasteiger partial charge >= 0.3 is 0 Å². The molecule has 0 aliphatic carbocycles. The van der Waals surface area contributed by atoms with Crippen molar-refractivity contribution < 1.29 is 0 Å². The maximum absolute atomic E-state index is 4.55. The Morgan fingerprint density at radius 1 is 1.09 bits per heavy atom. The van der Waals surface area contributed by atoms with E-state index in [-0.39, 0.29) is 0 Å². The van der Waals surface area contributed by atoms with E-state index in [9.17, 15) is 0 Å². The molecule has 120 valence electrons. The summed E-state index contributed by atoms with van der Waals surface area (Å²) in [7, 11) is 0. The Hall–Kier alpha value is -1.30. The van der Waals surface area contributed by atoms with Crippen molar-refractivity contribution >= 4 is 15.9 Å². The van der Waals surface area contributed by atoms with Gasteiger partial charge in [-0.1, -0.05) is 6.07 Å². The van der Waals surface area contributed by atoms with Gasteiger partial charge in [0.15, 0.2) is 0 Å². The zero-order valence-electron chi connectivity index (χ0n) is 13.3. The Morgan fingerprint density at radius 2 is 1.87 bits per heavy atom. The molecular weight excluding hydrogens is 352 g/mol. The van der Waals surface area contributed by atoms with E-state index in [1.165, 1.54) is 17.7 Å². The normalized spacial score (nSPS) is 24.4. The first-order chi connectivity index (χ1) is 11.2. The van der Waals surface area contributed by atoms with Gasteiger partial charge in [0.05, 0.1) is 11.4 Å². The number of hydrogen-bond donors (Lipinski definition) is 0. The zero-order valence-corrected chi connectivity index (χ0v) is 14.9. The molecule has 5 heteroatoms. The van der Waals surface area contributed by atoms with Crippen LogP contribution in [0.1, 0.15) is 23.4 Å². The van der Waals surface area contributed by atoms with Crippen molar-refractivity contribution in [2.75, 3.05) is 13.1 Å². The van der Waals surface area contributed by atoms with E-state index < -0.39 is 0 Å². The van der Waals surface area contributed by atoms with Gasteiger partial charge in [-0.3, -0.25) is 19.8 Å². The fourth-order valence-electron chi connectivity index (χ4n) is 3.80. The van der Waals surface area contributed by atoms with E-state index in [0.717, 1.165) is 36.3 Å². The number of pyridine rings is 2. The lowest BCUT2D eigenvalue weighted by Gasteiger charge is -2.34. The third kappa shape index (κ3) is 3.18. The monoisotopic (exact) mass is 372 g/mol. The molecule has 0 spiro atoms. The van der Waals surface area contributed by atoms with Gasteiger partial charge in [0.25, 0.3) is 0 Å². The molecule has 2 saturated heterocycles. The summed E-state index contributed by atoms with van der Waals surface area (Å²) in [6.45, 7) is 6.40. The maximum atomic E-state index is 4.55. The van der Waals surface area contributed by atoms with Crippen LogP contribution >= 0.6 is 15.9 Å². The summed E-state index contributed by atoms with van der Waals surface area (Å²) in [4.78, 5) is 14.3. The van der Waals surface area contributed by atoms with Gasteiger partial charge in [-0.25, -0.2) is 0 Å². The first kappa shape index (κ1) is 15.2.